The third-order valence-corrected chi connectivity index (χ3v) is 2.99. The van der Waals surface area contributed by atoms with Crippen LogP contribution in [-0.4, -0.2) is 28.1 Å². The van der Waals surface area contributed by atoms with Gasteiger partial charge in [-0.2, -0.15) is 0 Å². The quantitative estimate of drug-likeness (QED) is 0.765. The van der Waals surface area contributed by atoms with Crippen molar-refractivity contribution < 1.29 is 9.90 Å². The summed E-state index contributed by atoms with van der Waals surface area (Å²) in [5, 5.41) is 12.5. The first-order valence-electron chi connectivity index (χ1n) is 5.76. The van der Waals surface area contributed by atoms with Crippen LogP contribution in [0.2, 0.25) is 0 Å². The Kier molecular flexibility index (Phi) is 3.54. The highest BCUT2D eigenvalue weighted by Crippen LogP contribution is 2.30. The molecule has 2 rings (SSSR count). The van der Waals surface area contributed by atoms with Crippen LogP contribution in [0.25, 0.3) is 6.08 Å². The van der Waals surface area contributed by atoms with Crippen molar-refractivity contribution in [3.63, 3.8) is 0 Å². The molecule has 0 saturated heterocycles. The third kappa shape index (κ3) is 3.39. The first-order chi connectivity index (χ1) is 8.18. The van der Waals surface area contributed by atoms with E-state index in [0.717, 1.165) is 24.8 Å². The second kappa shape index (κ2) is 5.10. The average Bonchev–Trinajstić information content (AvgIpc) is 2.33. The standard InChI is InChI=1S/C13H16N2O2/c16-12(15-10-13(17)6-2-7-13)5-4-11-3-1-8-14-9-11/h1,3-5,8-9,17H,2,6-7,10H2,(H,15,16)/b5-4+. The van der Waals surface area contributed by atoms with Crippen LogP contribution < -0.4 is 5.32 Å². The topological polar surface area (TPSA) is 62.2 Å². The van der Waals surface area contributed by atoms with Crippen molar-refractivity contribution in [1.82, 2.24) is 10.3 Å². The maximum absolute atomic E-state index is 11.5. The SMILES string of the molecule is O=C(/C=C/c1cccnc1)NCC1(O)CCC1. The molecule has 0 aliphatic heterocycles. The predicted molar refractivity (Wildman–Crippen MR) is 65.1 cm³/mol. The summed E-state index contributed by atoms with van der Waals surface area (Å²) in [7, 11) is 0. The van der Waals surface area contributed by atoms with E-state index in [-0.39, 0.29) is 5.91 Å². The Morgan fingerprint density at radius 1 is 1.59 bits per heavy atom. The van der Waals surface area contributed by atoms with Crippen molar-refractivity contribution >= 4 is 12.0 Å². The van der Waals surface area contributed by atoms with E-state index in [4.69, 9.17) is 0 Å². The molecule has 4 heteroatoms. The van der Waals surface area contributed by atoms with Gasteiger partial charge in [0.05, 0.1) is 5.60 Å². The Morgan fingerprint density at radius 2 is 2.41 bits per heavy atom. The Hall–Kier alpha value is -1.68. The van der Waals surface area contributed by atoms with Crippen LogP contribution in [0.4, 0.5) is 0 Å². The molecule has 1 aliphatic carbocycles. The summed E-state index contributed by atoms with van der Waals surface area (Å²) in [5.74, 6) is -0.186. The van der Waals surface area contributed by atoms with Crippen molar-refractivity contribution in [3.8, 4) is 0 Å². The highest BCUT2D eigenvalue weighted by molar-refractivity contribution is 5.91. The molecule has 1 saturated carbocycles. The molecule has 1 fully saturated rings. The van der Waals surface area contributed by atoms with Gasteiger partial charge in [-0.15, -0.1) is 0 Å². The Morgan fingerprint density at radius 3 is 3.00 bits per heavy atom. The summed E-state index contributed by atoms with van der Waals surface area (Å²) in [6.45, 7) is 0.337. The number of rotatable bonds is 4. The number of hydrogen-bond donors (Lipinski definition) is 2. The number of carbonyl (C=O) groups is 1. The number of pyridine rings is 1. The second-order valence-electron chi connectivity index (χ2n) is 4.42. The molecule has 1 aliphatic rings. The zero-order chi connectivity index (χ0) is 12.1. The van der Waals surface area contributed by atoms with E-state index in [1.807, 2.05) is 12.1 Å². The lowest BCUT2D eigenvalue weighted by atomic mass is 9.80. The number of amides is 1. The zero-order valence-electron chi connectivity index (χ0n) is 9.60. The van der Waals surface area contributed by atoms with E-state index >= 15 is 0 Å². The molecule has 1 amide bonds. The molecule has 0 aromatic carbocycles. The number of nitrogens with zero attached hydrogens (tertiary/aromatic N) is 1. The van der Waals surface area contributed by atoms with E-state index in [9.17, 15) is 9.90 Å². The van der Waals surface area contributed by atoms with Crippen LogP contribution in [0.3, 0.4) is 0 Å². The fourth-order valence-corrected chi connectivity index (χ4v) is 1.72. The highest BCUT2D eigenvalue weighted by atomic mass is 16.3. The number of nitrogens with one attached hydrogen (secondary N) is 1. The molecule has 0 radical (unpaired) electrons. The molecule has 17 heavy (non-hydrogen) atoms. The third-order valence-electron chi connectivity index (χ3n) is 2.99. The van der Waals surface area contributed by atoms with E-state index < -0.39 is 5.60 Å². The van der Waals surface area contributed by atoms with Gasteiger partial charge in [0.15, 0.2) is 0 Å². The van der Waals surface area contributed by atoms with Crippen molar-refractivity contribution in [3.05, 3.63) is 36.2 Å². The first kappa shape index (κ1) is 11.8. The Balaban J connectivity index is 1.79. The second-order valence-corrected chi connectivity index (χ2v) is 4.42. The average molecular weight is 232 g/mol. The highest BCUT2D eigenvalue weighted by Gasteiger charge is 2.34. The van der Waals surface area contributed by atoms with Gasteiger partial charge < -0.3 is 10.4 Å². The maximum Gasteiger partial charge on any atom is 0.244 e. The summed E-state index contributed by atoms with van der Waals surface area (Å²) in [6, 6.07) is 3.69. The van der Waals surface area contributed by atoms with Gasteiger partial charge in [0.25, 0.3) is 0 Å². The molecule has 4 nitrogen and oxygen atoms in total. The van der Waals surface area contributed by atoms with Crippen LogP contribution in [0, 0.1) is 0 Å². The van der Waals surface area contributed by atoms with Gasteiger partial charge in [-0.05, 0) is 37.0 Å². The van der Waals surface area contributed by atoms with Gasteiger partial charge in [0.1, 0.15) is 0 Å². The van der Waals surface area contributed by atoms with E-state index in [2.05, 4.69) is 10.3 Å². The summed E-state index contributed by atoms with van der Waals surface area (Å²) in [6.07, 6.45) is 9.12. The van der Waals surface area contributed by atoms with Crippen molar-refractivity contribution in [2.24, 2.45) is 0 Å². The van der Waals surface area contributed by atoms with Gasteiger partial charge in [0, 0.05) is 25.0 Å². The normalized spacial score (nSPS) is 17.7. The van der Waals surface area contributed by atoms with E-state index in [1.165, 1.54) is 6.08 Å². The van der Waals surface area contributed by atoms with E-state index in [1.54, 1.807) is 18.5 Å². The van der Waals surface area contributed by atoms with Crippen LogP contribution in [-0.2, 0) is 4.79 Å². The minimum atomic E-state index is -0.669. The molecular formula is C13H16N2O2. The lowest BCUT2D eigenvalue weighted by molar-refractivity contribution is -0.118. The molecule has 1 heterocycles. The van der Waals surface area contributed by atoms with Gasteiger partial charge in [-0.25, -0.2) is 0 Å². The molecule has 0 unspecified atom stereocenters. The van der Waals surface area contributed by atoms with Gasteiger partial charge in [-0.3, -0.25) is 9.78 Å². The van der Waals surface area contributed by atoms with Crippen molar-refractivity contribution in [2.45, 2.75) is 24.9 Å². The van der Waals surface area contributed by atoms with Crippen molar-refractivity contribution in [1.29, 1.82) is 0 Å². The van der Waals surface area contributed by atoms with Gasteiger partial charge >= 0.3 is 0 Å². The smallest absolute Gasteiger partial charge is 0.244 e. The number of hydrogen-bond acceptors (Lipinski definition) is 3. The monoisotopic (exact) mass is 232 g/mol. The van der Waals surface area contributed by atoms with Crippen LogP contribution in [0.5, 0.6) is 0 Å². The predicted octanol–water partition coefficient (Wildman–Crippen LogP) is 1.13. The molecule has 90 valence electrons. The molecule has 0 bridgehead atoms. The fourth-order valence-electron chi connectivity index (χ4n) is 1.72. The molecular weight excluding hydrogens is 216 g/mol. The molecule has 1 aromatic heterocycles. The number of carbonyl (C=O) groups excluding carboxylic acids is 1. The number of aliphatic hydroxyl groups is 1. The molecule has 0 atom stereocenters. The largest absolute Gasteiger partial charge is 0.388 e. The first-order valence-corrected chi connectivity index (χ1v) is 5.76. The minimum Gasteiger partial charge on any atom is -0.388 e. The van der Waals surface area contributed by atoms with Crippen LogP contribution >= 0.6 is 0 Å². The lowest BCUT2D eigenvalue weighted by Crippen LogP contribution is -2.47. The summed E-state index contributed by atoms with van der Waals surface area (Å²) < 4.78 is 0. The lowest BCUT2D eigenvalue weighted by Gasteiger charge is -2.36. The summed E-state index contributed by atoms with van der Waals surface area (Å²) >= 11 is 0. The minimum absolute atomic E-state index is 0.186. The molecule has 2 N–H and O–H groups in total. The maximum atomic E-state index is 11.5. The molecule has 1 aromatic rings. The van der Waals surface area contributed by atoms with Gasteiger partial charge in [-0.1, -0.05) is 6.07 Å². The fraction of sp³-hybridized carbons (Fsp3) is 0.385. The Bertz CT molecular complexity index is 411. The van der Waals surface area contributed by atoms with E-state index in [0.29, 0.717) is 6.54 Å². The Labute approximate surface area is 100 Å². The van der Waals surface area contributed by atoms with Crippen molar-refractivity contribution in [2.75, 3.05) is 6.54 Å². The summed E-state index contributed by atoms with van der Waals surface area (Å²) in [4.78, 5) is 15.4. The van der Waals surface area contributed by atoms with Gasteiger partial charge in [0.2, 0.25) is 5.91 Å². The molecule has 0 spiro atoms. The zero-order valence-corrected chi connectivity index (χ0v) is 9.60. The van der Waals surface area contributed by atoms with Crippen LogP contribution in [0.15, 0.2) is 30.6 Å². The summed E-state index contributed by atoms with van der Waals surface area (Å²) in [5.41, 5.74) is 0.211. The van der Waals surface area contributed by atoms with Crippen LogP contribution in [0.1, 0.15) is 24.8 Å². The number of aromatic nitrogens is 1.